The smallest absolute Gasteiger partial charge is 0.255 e. The average Bonchev–Trinajstić information content (AvgIpc) is 2.45. The van der Waals surface area contributed by atoms with Crippen LogP contribution in [-0.2, 0) is 9.53 Å². The van der Waals surface area contributed by atoms with Crippen LogP contribution in [0.1, 0.15) is 10.4 Å². The molecular weight excluding hydrogens is 272 g/mol. The normalized spacial score (nSPS) is 10.5. The number of carbonyl (C=O) groups excluding carboxylic acids is 2. The molecule has 0 aliphatic heterocycles. The molecule has 2 aromatic rings. The zero-order valence-corrected chi connectivity index (χ0v) is 11.3. The maximum absolute atomic E-state index is 12.0. The van der Waals surface area contributed by atoms with E-state index in [-0.39, 0.29) is 31.1 Å². The molecule has 0 fully saturated rings. The maximum atomic E-state index is 12.0. The van der Waals surface area contributed by atoms with Gasteiger partial charge in [-0.1, -0.05) is 24.3 Å². The largest absolute Gasteiger partial charge is 0.507 e. The Labute approximate surface area is 121 Å². The number of phenolic OH excluding ortho intramolecular Hbond substituents is 1. The van der Waals surface area contributed by atoms with Crippen LogP contribution >= 0.6 is 0 Å². The standard InChI is InChI=1S/C15H16N2O4/c16-14(19)9-21-6-5-17-15(20)12-7-10-3-1-2-4-11(10)8-13(12)18/h1-4,7-8,18H,5-6,9H2,(H2,16,19)(H,17,20). The van der Waals surface area contributed by atoms with Gasteiger partial charge in [0.2, 0.25) is 5.91 Å². The minimum atomic E-state index is -0.562. The number of carbonyl (C=O) groups is 2. The van der Waals surface area contributed by atoms with E-state index in [0.717, 1.165) is 10.8 Å². The number of hydrogen-bond donors (Lipinski definition) is 3. The molecule has 0 aliphatic rings. The summed E-state index contributed by atoms with van der Waals surface area (Å²) >= 11 is 0. The molecule has 2 rings (SSSR count). The lowest BCUT2D eigenvalue weighted by molar-refractivity contribution is -0.122. The Hall–Kier alpha value is -2.60. The molecule has 21 heavy (non-hydrogen) atoms. The first-order valence-electron chi connectivity index (χ1n) is 6.44. The number of hydrogen-bond acceptors (Lipinski definition) is 4. The molecule has 6 nitrogen and oxygen atoms in total. The van der Waals surface area contributed by atoms with Crippen LogP contribution in [0.4, 0.5) is 0 Å². The Morgan fingerprint density at radius 1 is 1.19 bits per heavy atom. The van der Waals surface area contributed by atoms with Crippen LogP contribution in [0.25, 0.3) is 10.8 Å². The van der Waals surface area contributed by atoms with Gasteiger partial charge in [0.25, 0.3) is 5.91 Å². The van der Waals surface area contributed by atoms with Crippen LogP contribution in [0.5, 0.6) is 5.75 Å². The van der Waals surface area contributed by atoms with Gasteiger partial charge in [-0.2, -0.15) is 0 Å². The summed E-state index contributed by atoms with van der Waals surface area (Å²) in [7, 11) is 0. The molecule has 0 atom stereocenters. The summed E-state index contributed by atoms with van der Waals surface area (Å²) in [6.45, 7) is 0.207. The minimum absolute atomic E-state index is 0.0794. The number of benzene rings is 2. The first kappa shape index (κ1) is 14.8. The molecule has 4 N–H and O–H groups in total. The molecule has 6 heteroatoms. The maximum Gasteiger partial charge on any atom is 0.255 e. The van der Waals surface area contributed by atoms with Crippen molar-refractivity contribution in [1.29, 1.82) is 0 Å². The fourth-order valence-corrected chi connectivity index (χ4v) is 1.91. The number of rotatable bonds is 6. The lowest BCUT2D eigenvalue weighted by Crippen LogP contribution is -2.28. The first-order chi connectivity index (χ1) is 10.1. The number of ether oxygens (including phenoxy) is 1. The van der Waals surface area contributed by atoms with Gasteiger partial charge in [-0.05, 0) is 22.9 Å². The summed E-state index contributed by atoms with van der Waals surface area (Å²) in [6, 6.07) is 10.6. The van der Waals surface area contributed by atoms with Gasteiger partial charge in [-0.3, -0.25) is 9.59 Å². The van der Waals surface area contributed by atoms with E-state index in [1.165, 1.54) is 0 Å². The predicted octanol–water partition coefficient (Wildman–Crippen LogP) is 0.777. The first-order valence-corrected chi connectivity index (χ1v) is 6.44. The molecule has 0 aromatic heterocycles. The van der Waals surface area contributed by atoms with Gasteiger partial charge in [-0.25, -0.2) is 0 Å². The quantitative estimate of drug-likeness (QED) is 0.683. The predicted molar refractivity (Wildman–Crippen MR) is 78.0 cm³/mol. The van der Waals surface area contributed by atoms with Crippen molar-refractivity contribution >= 4 is 22.6 Å². The highest BCUT2D eigenvalue weighted by molar-refractivity contribution is 6.01. The van der Waals surface area contributed by atoms with Crippen molar-refractivity contribution in [3.63, 3.8) is 0 Å². The minimum Gasteiger partial charge on any atom is -0.507 e. The highest BCUT2D eigenvalue weighted by atomic mass is 16.5. The molecule has 0 unspecified atom stereocenters. The number of nitrogens with two attached hydrogens (primary N) is 1. The van der Waals surface area contributed by atoms with Gasteiger partial charge >= 0.3 is 0 Å². The fraction of sp³-hybridized carbons (Fsp3) is 0.200. The zero-order valence-electron chi connectivity index (χ0n) is 11.3. The fourth-order valence-electron chi connectivity index (χ4n) is 1.91. The van der Waals surface area contributed by atoms with Gasteiger partial charge in [0.05, 0.1) is 12.2 Å². The average molecular weight is 288 g/mol. The number of nitrogens with one attached hydrogen (secondary N) is 1. The Morgan fingerprint density at radius 3 is 2.52 bits per heavy atom. The highest BCUT2D eigenvalue weighted by Gasteiger charge is 2.11. The topological polar surface area (TPSA) is 102 Å². The Morgan fingerprint density at radius 2 is 1.86 bits per heavy atom. The van der Waals surface area contributed by atoms with Crippen LogP contribution in [0.3, 0.4) is 0 Å². The van der Waals surface area contributed by atoms with Crippen LogP contribution in [0, 0.1) is 0 Å². The summed E-state index contributed by atoms with van der Waals surface area (Å²) in [6.07, 6.45) is 0. The molecular formula is C15H16N2O4. The van der Waals surface area contributed by atoms with Gasteiger partial charge < -0.3 is 20.9 Å². The van der Waals surface area contributed by atoms with E-state index in [0.29, 0.717) is 0 Å². The Kier molecular flexibility index (Phi) is 4.73. The molecule has 0 radical (unpaired) electrons. The van der Waals surface area contributed by atoms with Crippen LogP contribution in [0.15, 0.2) is 36.4 Å². The molecule has 2 aromatic carbocycles. The zero-order chi connectivity index (χ0) is 15.2. The van der Waals surface area contributed by atoms with Crippen molar-refractivity contribution in [2.24, 2.45) is 5.73 Å². The van der Waals surface area contributed by atoms with Crippen LogP contribution in [-0.4, -0.2) is 36.7 Å². The van der Waals surface area contributed by atoms with Crippen molar-refractivity contribution in [2.75, 3.05) is 19.8 Å². The van der Waals surface area contributed by atoms with E-state index in [2.05, 4.69) is 5.32 Å². The lowest BCUT2D eigenvalue weighted by atomic mass is 10.1. The molecule has 0 saturated carbocycles. The van der Waals surface area contributed by atoms with Gasteiger partial charge in [0.15, 0.2) is 0 Å². The molecule has 0 saturated heterocycles. The van der Waals surface area contributed by atoms with Gasteiger partial charge in [0, 0.05) is 6.54 Å². The van der Waals surface area contributed by atoms with Crippen molar-refractivity contribution in [3.05, 3.63) is 42.0 Å². The van der Waals surface area contributed by atoms with Crippen molar-refractivity contribution in [1.82, 2.24) is 5.32 Å². The van der Waals surface area contributed by atoms with Crippen molar-refractivity contribution < 1.29 is 19.4 Å². The summed E-state index contributed by atoms with van der Waals surface area (Å²) in [4.78, 5) is 22.5. The Bertz CT molecular complexity index is 670. The number of primary amides is 1. The van der Waals surface area contributed by atoms with E-state index >= 15 is 0 Å². The summed E-state index contributed by atoms with van der Waals surface area (Å²) in [5.41, 5.74) is 5.11. The lowest BCUT2D eigenvalue weighted by Gasteiger charge is -2.08. The Balaban J connectivity index is 1.99. The second kappa shape index (κ2) is 6.71. The van der Waals surface area contributed by atoms with Gasteiger partial charge in [-0.15, -0.1) is 0 Å². The van der Waals surface area contributed by atoms with E-state index in [9.17, 15) is 14.7 Å². The van der Waals surface area contributed by atoms with Crippen LogP contribution < -0.4 is 11.1 Å². The second-order valence-corrected chi connectivity index (χ2v) is 4.49. The molecule has 0 spiro atoms. The molecule has 0 heterocycles. The van der Waals surface area contributed by atoms with E-state index < -0.39 is 11.8 Å². The van der Waals surface area contributed by atoms with E-state index in [4.69, 9.17) is 10.5 Å². The number of phenols is 1. The second-order valence-electron chi connectivity index (χ2n) is 4.49. The van der Waals surface area contributed by atoms with E-state index in [1.54, 1.807) is 12.1 Å². The number of aromatic hydroxyl groups is 1. The third-order valence-electron chi connectivity index (χ3n) is 2.88. The third-order valence-corrected chi connectivity index (χ3v) is 2.88. The SMILES string of the molecule is NC(=O)COCCNC(=O)c1cc2ccccc2cc1O. The van der Waals surface area contributed by atoms with Crippen molar-refractivity contribution in [2.45, 2.75) is 0 Å². The highest BCUT2D eigenvalue weighted by Crippen LogP contribution is 2.24. The summed E-state index contributed by atoms with van der Waals surface area (Å²) < 4.78 is 4.93. The number of amides is 2. The van der Waals surface area contributed by atoms with E-state index in [1.807, 2.05) is 24.3 Å². The third kappa shape index (κ3) is 3.93. The molecule has 110 valence electrons. The molecule has 0 bridgehead atoms. The molecule has 2 amide bonds. The number of fused-ring (bicyclic) bond motifs is 1. The summed E-state index contributed by atoms with van der Waals surface area (Å²) in [5.74, 6) is -1.04. The molecule has 0 aliphatic carbocycles. The van der Waals surface area contributed by atoms with Crippen molar-refractivity contribution in [3.8, 4) is 5.75 Å². The van der Waals surface area contributed by atoms with Crippen LogP contribution in [0.2, 0.25) is 0 Å². The monoisotopic (exact) mass is 288 g/mol. The van der Waals surface area contributed by atoms with Gasteiger partial charge in [0.1, 0.15) is 12.4 Å². The summed E-state index contributed by atoms with van der Waals surface area (Å²) in [5, 5.41) is 14.2.